The number of fused-ring (bicyclic) bond motifs is 1. The summed E-state index contributed by atoms with van der Waals surface area (Å²) in [4.78, 5) is 13.0. The Kier molecular flexibility index (Phi) is 6.26. The first-order valence-electron chi connectivity index (χ1n) is 10.4. The highest BCUT2D eigenvalue weighted by Gasteiger charge is 2.24. The van der Waals surface area contributed by atoms with Crippen LogP contribution in [0.3, 0.4) is 0 Å². The number of ether oxygens (including phenoxy) is 2. The van der Waals surface area contributed by atoms with Crippen LogP contribution in [-0.2, 0) is 11.2 Å². The van der Waals surface area contributed by atoms with Crippen molar-refractivity contribution in [3.8, 4) is 17.2 Å². The molecule has 4 rings (SSSR count). The van der Waals surface area contributed by atoms with Crippen molar-refractivity contribution in [3.05, 3.63) is 102 Å². The molecule has 1 unspecified atom stereocenters. The van der Waals surface area contributed by atoms with Crippen molar-refractivity contribution in [3.63, 3.8) is 0 Å². The molecule has 4 aromatic carbocycles. The molecule has 2 N–H and O–H groups in total. The Labute approximate surface area is 187 Å². The van der Waals surface area contributed by atoms with Gasteiger partial charge < -0.3 is 19.9 Å². The van der Waals surface area contributed by atoms with E-state index in [1.807, 2.05) is 72.8 Å². The smallest absolute Gasteiger partial charge is 0.225 e. The van der Waals surface area contributed by atoms with Gasteiger partial charge in [0.05, 0.1) is 26.7 Å². The Balaban J connectivity index is 1.81. The molecule has 5 heteroatoms. The maximum Gasteiger partial charge on any atom is 0.225 e. The first kappa shape index (κ1) is 21.2. The molecule has 0 saturated heterocycles. The Morgan fingerprint density at radius 1 is 0.875 bits per heavy atom. The Morgan fingerprint density at radius 3 is 2.34 bits per heavy atom. The minimum absolute atomic E-state index is 0.114. The monoisotopic (exact) mass is 427 g/mol. The van der Waals surface area contributed by atoms with E-state index in [1.54, 1.807) is 26.4 Å². The number of phenolic OH excluding ortho intramolecular Hbond substituents is 1. The summed E-state index contributed by atoms with van der Waals surface area (Å²) in [6.07, 6.45) is 0.232. The first-order chi connectivity index (χ1) is 15.6. The Morgan fingerprint density at radius 2 is 1.59 bits per heavy atom. The zero-order valence-corrected chi connectivity index (χ0v) is 18.0. The molecule has 0 aromatic heterocycles. The molecule has 0 aliphatic carbocycles. The maximum absolute atomic E-state index is 13.0. The number of hydrogen-bond donors (Lipinski definition) is 2. The van der Waals surface area contributed by atoms with Crippen molar-refractivity contribution in [2.45, 2.75) is 12.5 Å². The standard InChI is InChI=1S/C27H25NO4/c1-31-23-15-13-20(17-24(23)32-2)27(28-25(30)16-18-8-4-3-5-9-18)26-21-11-7-6-10-19(21)12-14-22(26)29/h3-15,17,27,29H,16H2,1-2H3,(H,28,30). The number of carbonyl (C=O) groups is 1. The number of rotatable bonds is 7. The molecule has 1 atom stereocenters. The van der Waals surface area contributed by atoms with Crippen LogP contribution in [0.15, 0.2) is 84.9 Å². The number of phenols is 1. The molecule has 5 nitrogen and oxygen atoms in total. The second kappa shape index (κ2) is 9.43. The normalized spacial score (nSPS) is 11.7. The third kappa shape index (κ3) is 4.37. The fourth-order valence-corrected chi connectivity index (χ4v) is 3.94. The summed E-state index contributed by atoms with van der Waals surface area (Å²) in [6.45, 7) is 0. The number of hydrogen-bond acceptors (Lipinski definition) is 4. The number of carbonyl (C=O) groups excluding carboxylic acids is 1. The number of aromatic hydroxyl groups is 1. The van der Waals surface area contributed by atoms with Crippen molar-refractivity contribution in [1.82, 2.24) is 5.32 Å². The van der Waals surface area contributed by atoms with Crippen LogP contribution in [0.2, 0.25) is 0 Å². The summed E-state index contributed by atoms with van der Waals surface area (Å²) in [6, 6.07) is 25.8. The van der Waals surface area contributed by atoms with Gasteiger partial charge in [-0.3, -0.25) is 4.79 Å². The molecule has 0 aliphatic heterocycles. The van der Waals surface area contributed by atoms with E-state index in [-0.39, 0.29) is 18.1 Å². The lowest BCUT2D eigenvalue weighted by atomic mass is 9.92. The maximum atomic E-state index is 13.0. The van der Waals surface area contributed by atoms with Crippen LogP contribution in [-0.4, -0.2) is 25.2 Å². The zero-order chi connectivity index (χ0) is 22.5. The summed E-state index contributed by atoms with van der Waals surface area (Å²) in [7, 11) is 3.15. The summed E-state index contributed by atoms with van der Waals surface area (Å²) >= 11 is 0. The summed E-state index contributed by atoms with van der Waals surface area (Å²) in [5.74, 6) is 1.10. The molecular weight excluding hydrogens is 402 g/mol. The number of nitrogens with one attached hydrogen (secondary N) is 1. The van der Waals surface area contributed by atoms with Gasteiger partial charge in [-0.2, -0.15) is 0 Å². The molecule has 0 aliphatic rings. The highest BCUT2D eigenvalue weighted by molar-refractivity contribution is 5.90. The van der Waals surface area contributed by atoms with Crippen LogP contribution in [0.5, 0.6) is 17.2 Å². The quantitative estimate of drug-likeness (QED) is 0.435. The second-order valence-corrected chi connectivity index (χ2v) is 7.50. The van der Waals surface area contributed by atoms with Gasteiger partial charge in [0.15, 0.2) is 11.5 Å². The van der Waals surface area contributed by atoms with Gasteiger partial charge in [0, 0.05) is 5.56 Å². The van der Waals surface area contributed by atoms with E-state index in [2.05, 4.69) is 5.32 Å². The van der Waals surface area contributed by atoms with E-state index in [9.17, 15) is 9.90 Å². The SMILES string of the molecule is COc1ccc(C(NC(=O)Cc2ccccc2)c2c(O)ccc3ccccc23)cc1OC. The molecule has 0 heterocycles. The van der Waals surface area contributed by atoms with E-state index in [1.165, 1.54) is 0 Å². The van der Waals surface area contributed by atoms with Crippen molar-refractivity contribution >= 4 is 16.7 Å². The molecule has 0 spiro atoms. The van der Waals surface area contributed by atoms with Gasteiger partial charge in [-0.05, 0) is 40.1 Å². The number of methoxy groups -OCH3 is 2. The van der Waals surface area contributed by atoms with Crippen LogP contribution in [0.1, 0.15) is 22.7 Å². The topological polar surface area (TPSA) is 67.8 Å². The van der Waals surface area contributed by atoms with Crippen LogP contribution >= 0.6 is 0 Å². The molecular formula is C27H25NO4. The van der Waals surface area contributed by atoms with Crippen LogP contribution in [0, 0.1) is 0 Å². The number of amides is 1. The predicted octanol–water partition coefficient (Wildman–Crippen LogP) is 5.01. The van der Waals surface area contributed by atoms with E-state index in [0.717, 1.165) is 21.9 Å². The second-order valence-electron chi connectivity index (χ2n) is 7.50. The van der Waals surface area contributed by atoms with Crippen LogP contribution < -0.4 is 14.8 Å². The summed E-state index contributed by atoms with van der Waals surface area (Å²) in [5.41, 5.74) is 2.32. The largest absolute Gasteiger partial charge is 0.508 e. The molecule has 4 aromatic rings. The molecule has 0 radical (unpaired) electrons. The van der Waals surface area contributed by atoms with E-state index in [4.69, 9.17) is 9.47 Å². The Hall–Kier alpha value is -3.99. The molecule has 1 amide bonds. The van der Waals surface area contributed by atoms with Gasteiger partial charge in [-0.1, -0.05) is 66.7 Å². The lowest BCUT2D eigenvalue weighted by Crippen LogP contribution is -2.30. The first-order valence-corrected chi connectivity index (χ1v) is 10.4. The molecule has 0 fully saturated rings. The molecule has 162 valence electrons. The molecule has 0 bridgehead atoms. The lowest BCUT2D eigenvalue weighted by molar-refractivity contribution is -0.120. The average molecular weight is 428 g/mol. The minimum Gasteiger partial charge on any atom is -0.508 e. The molecule has 32 heavy (non-hydrogen) atoms. The Bertz CT molecular complexity index is 1240. The summed E-state index contributed by atoms with van der Waals surface area (Å²) < 4.78 is 10.9. The zero-order valence-electron chi connectivity index (χ0n) is 18.0. The highest BCUT2D eigenvalue weighted by atomic mass is 16.5. The van der Waals surface area contributed by atoms with Crippen molar-refractivity contribution in [2.75, 3.05) is 14.2 Å². The van der Waals surface area contributed by atoms with Crippen LogP contribution in [0.25, 0.3) is 10.8 Å². The fraction of sp³-hybridized carbons (Fsp3) is 0.148. The van der Waals surface area contributed by atoms with Gasteiger partial charge in [-0.25, -0.2) is 0 Å². The fourth-order valence-electron chi connectivity index (χ4n) is 3.94. The van der Waals surface area contributed by atoms with Crippen molar-refractivity contribution < 1.29 is 19.4 Å². The summed E-state index contributed by atoms with van der Waals surface area (Å²) in [5, 5.41) is 15.8. The van der Waals surface area contributed by atoms with E-state index >= 15 is 0 Å². The van der Waals surface area contributed by atoms with E-state index < -0.39 is 6.04 Å². The van der Waals surface area contributed by atoms with Crippen LogP contribution in [0.4, 0.5) is 0 Å². The lowest BCUT2D eigenvalue weighted by Gasteiger charge is -2.23. The van der Waals surface area contributed by atoms with Crippen molar-refractivity contribution in [2.24, 2.45) is 0 Å². The minimum atomic E-state index is -0.586. The van der Waals surface area contributed by atoms with Gasteiger partial charge in [-0.15, -0.1) is 0 Å². The molecule has 0 saturated carbocycles. The van der Waals surface area contributed by atoms with Crippen molar-refractivity contribution in [1.29, 1.82) is 0 Å². The van der Waals surface area contributed by atoms with E-state index in [0.29, 0.717) is 17.1 Å². The van der Waals surface area contributed by atoms with Gasteiger partial charge in [0.25, 0.3) is 0 Å². The predicted molar refractivity (Wildman–Crippen MR) is 125 cm³/mol. The number of benzene rings is 4. The third-order valence-electron chi connectivity index (χ3n) is 5.49. The third-order valence-corrected chi connectivity index (χ3v) is 5.49. The highest BCUT2D eigenvalue weighted by Crippen LogP contribution is 2.38. The van der Waals surface area contributed by atoms with Gasteiger partial charge in [0.2, 0.25) is 5.91 Å². The average Bonchev–Trinajstić information content (AvgIpc) is 2.83. The van der Waals surface area contributed by atoms with Gasteiger partial charge >= 0.3 is 0 Å². The van der Waals surface area contributed by atoms with Gasteiger partial charge in [0.1, 0.15) is 5.75 Å².